The lowest BCUT2D eigenvalue weighted by Crippen LogP contribution is -2.16. The molecule has 0 aliphatic rings. The maximum atomic E-state index is 12.9. The normalized spacial score (nSPS) is 10.8. The highest BCUT2D eigenvalue weighted by Crippen LogP contribution is 2.16. The highest BCUT2D eigenvalue weighted by atomic mass is 35.5. The van der Waals surface area contributed by atoms with E-state index >= 15 is 0 Å². The van der Waals surface area contributed by atoms with Crippen LogP contribution in [0.2, 0.25) is 5.15 Å². The first kappa shape index (κ1) is 13.5. The predicted molar refractivity (Wildman–Crippen MR) is 74.5 cm³/mol. The Hall–Kier alpha value is -2.47. The fourth-order valence-corrected chi connectivity index (χ4v) is 1.90. The number of hydrogen-bond acceptors (Lipinski definition) is 4. The van der Waals surface area contributed by atoms with Crippen molar-refractivity contribution in [2.75, 3.05) is 0 Å². The molecule has 5 nitrogen and oxygen atoms in total. The molecule has 21 heavy (non-hydrogen) atoms. The van der Waals surface area contributed by atoms with Crippen molar-refractivity contribution in [2.24, 2.45) is 0 Å². The third kappa shape index (κ3) is 3.00. The average Bonchev–Trinajstić information content (AvgIpc) is 2.83. The first-order chi connectivity index (χ1) is 10.1. The second-order valence-corrected chi connectivity index (χ2v) is 4.71. The Morgan fingerprint density at radius 3 is 2.62 bits per heavy atom. The molecule has 2 aromatic heterocycles. The lowest BCUT2D eigenvalue weighted by molar-refractivity contribution is 0.495. The van der Waals surface area contributed by atoms with Gasteiger partial charge in [0.2, 0.25) is 5.89 Å². The molecule has 0 aliphatic heterocycles. The van der Waals surface area contributed by atoms with Gasteiger partial charge in [0.1, 0.15) is 11.0 Å². The maximum absolute atomic E-state index is 12.9. The fourth-order valence-electron chi connectivity index (χ4n) is 1.79. The van der Waals surface area contributed by atoms with Gasteiger partial charge in [0.25, 0.3) is 0 Å². The van der Waals surface area contributed by atoms with Crippen LogP contribution in [0.15, 0.2) is 51.8 Å². The molecule has 7 heteroatoms. The first-order valence-corrected chi connectivity index (χ1v) is 6.44. The molecule has 3 rings (SSSR count). The van der Waals surface area contributed by atoms with E-state index < -0.39 is 5.76 Å². The second-order valence-electron chi connectivity index (χ2n) is 4.33. The zero-order valence-electron chi connectivity index (χ0n) is 10.7. The molecule has 1 aromatic carbocycles. The largest absolute Gasteiger partial charge is 0.437 e. The van der Waals surface area contributed by atoms with Crippen LogP contribution >= 0.6 is 11.6 Å². The van der Waals surface area contributed by atoms with Crippen LogP contribution in [-0.4, -0.2) is 14.8 Å². The highest BCUT2D eigenvalue weighted by Gasteiger charge is 2.10. The molecule has 3 aromatic rings. The van der Waals surface area contributed by atoms with Gasteiger partial charge in [-0.15, -0.1) is 5.10 Å². The van der Waals surface area contributed by atoms with Gasteiger partial charge >= 0.3 is 5.76 Å². The van der Waals surface area contributed by atoms with Crippen LogP contribution < -0.4 is 5.76 Å². The summed E-state index contributed by atoms with van der Waals surface area (Å²) in [6.07, 6.45) is 1.56. The minimum atomic E-state index is -0.593. The molecule has 0 aliphatic carbocycles. The van der Waals surface area contributed by atoms with E-state index in [2.05, 4.69) is 10.1 Å². The van der Waals surface area contributed by atoms with Gasteiger partial charge in [-0.2, -0.15) is 4.68 Å². The van der Waals surface area contributed by atoms with Crippen molar-refractivity contribution in [3.05, 3.63) is 69.7 Å². The molecule has 0 amide bonds. The van der Waals surface area contributed by atoms with E-state index in [-0.39, 0.29) is 18.3 Å². The minimum absolute atomic E-state index is 0.141. The van der Waals surface area contributed by atoms with Crippen LogP contribution in [0.3, 0.4) is 0 Å². The standard InChI is InChI=1S/C14H9ClFN3O2/c15-12-6-1-9(7-17-12)8-19-14(20)21-13(18-19)10-2-4-11(16)5-3-10/h1-7H,8H2. The second kappa shape index (κ2) is 5.49. The molecule has 0 N–H and O–H groups in total. The molecular weight excluding hydrogens is 297 g/mol. The van der Waals surface area contributed by atoms with Crippen LogP contribution in [0.25, 0.3) is 11.5 Å². The summed E-state index contributed by atoms with van der Waals surface area (Å²) in [7, 11) is 0. The zero-order chi connectivity index (χ0) is 14.8. The summed E-state index contributed by atoms with van der Waals surface area (Å²) in [6.45, 7) is 0.216. The van der Waals surface area contributed by atoms with E-state index in [1.807, 2.05) is 0 Å². The molecule has 0 radical (unpaired) electrons. The molecule has 0 spiro atoms. The molecule has 0 fully saturated rings. The number of hydrogen-bond donors (Lipinski definition) is 0. The van der Waals surface area contributed by atoms with E-state index in [1.165, 1.54) is 28.9 Å². The molecule has 0 bridgehead atoms. The molecule has 2 heterocycles. The first-order valence-electron chi connectivity index (χ1n) is 6.06. The summed E-state index contributed by atoms with van der Waals surface area (Å²) < 4.78 is 19.1. The Morgan fingerprint density at radius 2 is 1.95 bits per heavy atom. The van der Waals surface area contributed by atoms with E-state index in [0.717, 1.165) is 5.56 Å². The van der Waals surface area contributed by atoms with Gasteiger partial charge in [-0.3, -0.25) is 0 Å². The van der Waals surface area contributed by atoms with Gasteiger partial charge in [0.05, 0.1) is 6.54 Å². The van der Waals surface area contributed by atoms with Gasteiger partial charge in [-0.1, -0.05) is 17.7 Å². The average molecular weight is 306 g/mol. The van der Waals surface area contributed by atoms with E-state index in [0.29, 0.717) is 10.7 Å². The summed E-state index contributed by atoms with van der Waals surface area (Å²) in [5.41, 5.74) is 1.29. The third-order valence-electron chi connectivity index (χ3n) is 2.82. The number of benzene rings is 1. The number of rotatable bonds is 3. The molecule has 0 atom stereocenters. The van der Waals surface area contributed by atoms with Crippen molar-refractivity contribution >= 4 is 11.6 Å². The Balaban J connectivity index is 1.89. The van der Waals surface area contributed by atoms with E-state index in [1.54, 1.807) is 18.3 Å². The molecule has 0 unspecified atom stereocenters. The lowest BCUT2D eigenvalue weighted by atomic mass is 10.2. The van der Waals surface area contributed by atoms with Crippen LogP contribution in [0.4, 0.5) is 4.39 Å². The van der Waals surface area contributed by atoms with Crippen molar-refractivity contribution in [1.82, 2.24) is 14.8 Å². The fraction of sp³-hybridized carbons (Fsp3) is 0.0714. The highest BCUT2D eigenvalue weighted by molar-refractivity contribution is 6.29. The SMILES string of the molecule is O=c1oc(-c2ccc(F)cc2)nn1Cc1ccc(Cl)nc1. The van der Waals surface area contributed by atoms with Gasteiger partial charge in [-0.05, 0) is 35.9 Å². The van der Waals surface area contributed by atoms with Gasteiger partial charge < -0.3 is 4.42 Å². The van der Waals surface area contributed by atoms with Crippen LogP contribution in [-0.2, 0) is 6.54 Å². The molecule has 0 saturated heterocycles. The monoisotopic (exact) mass is 305 g/mol. The van der Waals surface area contributed by atoms with Crippen molar-refractivity contribution in [3.63, 3.8) is 0 Å². The predicted octanol–water partition coefficient (Wildman–Crippen LogP) is 2.74. The summed E-state index contributed by atoms with van der Waals surface area (Å²) in [5, 5.41) is 4.46. The number of aromatic nitrogens is 3. The summed E-state index contributed by atoms with van der Waals surface area (Å²) in [4.78, 5) is 15.7. The Morgan fingerprint density at radius 1 is 1.19 bits per heavy atom. The minimum Gasteiger partial charge on any atom is -0.388 e. The van der Waals surface area contributed by atoms with E-state index in [4.69, 9.17) is 16.0 Å². The van der Waals surface area contributed by atoms with Gasteiger partial charge in [-0.25, -0.2) is 14.2 Å². The number of pyridine rings is 1. The molecule has 106 valence electrons. The van der Waals surface area contributed by atoms with Crippen LogP contribution in [0.5, 0.6) is 0 Å². The smallest absolute Gasteiger partial charge is 0.388 e. The van der Waals surface area contributed by atoms with Crippen LogP contribution in [0.1, 0.15) is 5.56 Å². The van der Waals surface area contributed by atoms with Gasteiger partial charge in [0, 0.05) is 11.8 Å². The lowest BCUT2D eigenvalue weighted by Gasteiger charge is -1.98. The van der Waals surface area contributed by atoms with Crippen LogP contribution in [0, 0.1) is 5.82 Å². The van der Waals surface area contributed by atoms with Crippen molar-refractivity contribution in [2.45, 2.75) is 6.54 Å². The van der Waals surface area contributed by atoms with E-state index in [9.17, 15) is 9.18 Å². The third-order valence-corrected chi connectivity index (χ3v) is 3.04. The van der Waals surface area contributed by atoms with Gasteiger partial charge in [0.15, 0.2) is 0 Å². The number of halogens is 2. The van der Waals surface area contributed by atoms with Crippen molar-refractivity contribution in [3.8, 4) is 11.5 Å². The maximum Gasteiger partial charge on any atom is 0.437 e. The summed E-state index contributed by atoms with van der Waals surface area (Å²) in [5.74, 6) is -0.820. The van der Waals surface area contributed by atoms with Crippen molar-refractivity contribution in [1.29, 1.82) is 0 Å². The summed E-state index contributed by atoms with van der Waals surface area (Å²) in [6, 6.07) is 8.91. The molecular formula is C14H9ClFN3O2. The quantitative estimate of drug-likeness (QED) is 0.698. The Bertz CT molecular complexity index is 809. The zero-order valence-corrected chi connectivity index (χ0v) is 11.4. The topological polar surface area (TPSA) is 60.9 Å². The Labute approximate surface area is 123 Å². The molecule has 0 saturated carbocycles. The number of nitrogens with zero attached hydrogens (tertiary/aromatic N) is 3. The van der Waals surface area contributed by atoms with Crippen molar-refractivity contribution < 1.29 is 8.81 Å². The summed E-state index contributed by atoms with van der Waals surface area (Å²) >= 11 is 5.70. The Kier molecular flexibility index (Phi) is 3.53.